The van der Waals surface area contributed by atoms with Gasteiger partial charge < -0.3 is 10.4 Å². The number of aromatic carboxylic acids is 1. The van der Waals surface area contributed by atoms with Gasteiger partial charge in [0.2, 0.25) is 0 Å². The summed E-state index contributed by atoms with van der Waals surface area (Å²) >= 11 is 0. The lowest BCUT2D eigenvalue weighted by atomic mass is 10.2. The fourth-order valence-corrected chi connectivity index (χ4v) is 2.32. The molecular weight excluding hydrogens is 297 g/mol. The average Bonchev–Trinajstić information content (AvgIpc) is 2.40. The Bertz CT molecular complexity index is 785. The molecular formula is C14H12FNO4S. The quantitative estimate of drug-likeness (QED) is 0.907. The summed E-state index contributed by atoms with van der Waals surface area (Å²) in [7, 11) is -3.28. The molecule has 2 rings (SSSR count). The van der Waals surface area contributed by atoms with Gasteiger partial charge in [-0.1, -0.05) is 0 Å². The first kappa shape index (κ1) is 15.0. The van der Waals surface area contributed by atoms with Crippen LogP contribution in [0.1, 0.15) is 10.4 Å². The van der Waals surface area contributed by atoms with Crippen molar-refractivity contribution in [3.8, 4) is 0 Å². The van der Waals surface area contributed by atoms with Crippen molar-refractivity contribution in [2.45, 2.75) is 4.90 Å². The maximum atomic E-state index is 13.7. The number of rotatable bonds is 4. The Kier molecular flexibility index (Phi) is 3.95. The van der Waals surface area contributed by atoms with Crippen molar-refractivity contribution < 1.29 is 22.7 Å². The van der Waals surface area contributed by atoms with Gasteiger partial charge in [0.1, 0.15) is 5.82 Å². The van der Waals surface area contributed by atoms with E-state index in [0.29, 0.717) is 5.69 Å². The molecule has 0 radical (unpaired) electrons. The number of hydrogen-bond donors (Lipinski definition) is 2. The normalized spacial score (nSPS) is 11.1. The highest BCUT2D eigenvalue weighted by molar-refractivity contribution is 7.90. The van der Waals surface area contributed by atoms with Crippen LogP contribution in [0.15, 0.2) is 47.4 Å². The standard InChI is InChI=1S/C14H12FNO4S/c1-21(19,20)11-5-3-10(4-6-11)16-13-7-2-9(14(17)18)8-12(13)15/h2-8,16H,1H3,(H,17,18). The monoisotopic (exact) mass is 309 g/mol. The third-order valence-corrected chi connectivity index (χ3v) is 3.91. The largest absolute Gasteiger partial charge is 0.478 e. The van der Waals surface area contributed by atoms with Gasteiger partial charge in [-0.2, -0.15) is 0 Å². The van der Waals surface area contributed by atoms with Crippen molar-refractivity contribution in [2.24, 2.45) is 0 Å². The van der Waals surface area contributed by atoms with Gasteiger partial charge in [-0.25, -0.2) is 17.6 Å². The number of anilines is 2. The van der Waals surface area contributed by atoms with Crippen molar-refractivity contribution in [3.63, 3.8) is 0 Å². The Morgan fingerprint density at radius 1 is 1.14 bits per heavy atom. The van der Waals surface area contributed by atoms with Crippen LogP contribution >= 0.6 is 0 Å². The van der Waals surface area contributed by atoms with Crippen LogP contribution in [0.2, 0.25) is 0 Å². The predicted octanol–water partition coefficient (Wildman–Crippen LogP) is 2.67. The number of benzene rings is 2. The van der Waals surface area contributed by atoms with Crippen LogP contribution in [0, 0.1) is 5.82 Å². The smallest absolute Gasteiger partial charge is 0.335 e. The SMILES string of the molecule is CS(=O)(=O)c1ccc(Nc2ccc(C(=O)O)cc2F)cc1. The van der Waals surface area contributed by atoms with E-state index in [9.17, 15) is 17.6 Å². The summed E-state index contributed by atoms with van der Waals surface area (Å²) in [5.41, 5.74) is 0.446. The summed E-state index contributed by atoms with van der Waals surface area (Å²) in [5.74, 6) is -1.92. The maximum absolute atomic E-state index is 13.7. The highest BCUT2D eigenvalue weighted by Crippen LogP contribution is 2.22. The zero-order valence-corrected chi connectivity index (χ0v) is 11.8. The van der Waals surface area contributed by atoms with E-state index in [1.165, 1.54) is 36.4 Å². The minimum absolute atomic E-state index is 0.104. The third-order valence-electron chi connectivity index (χ3n) is 2.78. The van der Waals surface area contributed by atoms with E-state index in [0.717, 1.165) is 12.3 Å². The van der Waals surface area contributed by atoms with Crippen LogP contribution in [0.5, 0.6) is 0 Å². The van der Waals surface area contributed by atoms with Gasteiger partial charge >= 0.3 is 5.97 Å². The second-order valence-corrected chi connectivity index (χ2v) is 6.44. The molecule has 2 aromatic carbocycles. The van der Waals surface area contributed by atoms with Crippen LogP contribution in [-0.2, 0) is 9.84 Å². The first-order valence-corrected chi connectivity index (χ1v) is 7.76. The number of halogens is 1. The van der Waals surface area contributed by atoms with Crippen molar-refractivity contribution >= 4 is 27.2 Å². The lowest BCUT2D eigenvalue weighted by Gasteiger charge is -2.08. The van der Waals surface area contributed by atoms with E-state index < -0.39 is 21.6 Å². The number of sulfone groups is 1. The maximum Gasteiger partial charge on any atom is 0.335 e. The molecule has 0 fully saturated rings. The summed E-state index contributed by atoms with van der Waals surface area (Å²) in [4.78, 5) is 10.9. The predicted molar refractivity (Wildman–Crippen MR) is 76.2 cm³/mol. The van der Waals surface area contributed by atoms with Crippen molar-refractivity contribution in [2.75, 3.05) is 11.6 Å². The molecule has 0 saturated carbocycles. The van der Waals surface area contributed by atoms with E-state index in [1.54, 1.807) is 0 Å². The molecule has 0 aromatic heterocycles. The zero-order valence-electron chi connectivity index (χ0n) is 11.0. The minimum atomic E-state index is -3.28. The van der Waals surface area contributed by atoms with Crippen LogP contribution in [0.3, 0.4) is 0 Å². The van der Waals surface area contributed by atoms with Crippen LogP contribution < -0.4 is 5.32 Å². The number of hydrogen-bond acceptors (Lipinski definition) is 4. The molecule has 110 valence electrons. The van der Waals surface area contributed by atoms with Crippen molar-refractivity contribution in [3.05, 3.63) is 53.8 Å². The lowest BCUT2D eigenvalue weighted by Crippen LogP contribution is -2.00. The molecule has 2 N–H and O–H groups in total. The Morgan fingerprint density at radius 3 is 2.24 bits per heavy atom. The molecule has 0 aliphatic carbocycles. The van der Waals surface area contributed by atoms with Crippen LogP contribution in [0.25, 0.3) is 0 Å². The molecule has 2 aromatic rings. The van der Waals surface area contributed by atoms with Crippen molar-refractivity contribution in [1.29, 1.82) is 0 Å². The van der Waals surface area contributed by atoms with Crippen LogP contribution in [0.4, 0.5) is 15.8 Å². The Morgan fingerprint density at radius 2 is 1.76 bits per heavy atom. The number of carbonyl (C=O) groups is 1. The molecule has 0 spiro atoms. The zero-order chi connectivity index (χ0) is 15.6. The summed E-state index contributed by atoms with van der Waals surface area (Å²) in [6.07, 6.45) is 1.10. The minimum Gasteiger partial charge on any atom is -0.478 e. The van der Waals surface area contributed by atoms with E-state index >= 15 is 0 Å². The second kappa shape index (κ2) is 5.53. The van der Waals surface area contributed by atoms with Gasteiger partial charge in [0.25, 0.3) is 0 Å². The Labute approximate surface area is 121 Å². The van der Waals surface area contributed by atoms with Gasteiger partial charge in [-0.15, -0.1) is 0 Å². The number of carboxylic acid groups (broad SMARTS) is 1. The fraction of sp³-hybridized carbons (Fsp3) is 0.0714. The van der Waals surface area contributed by atoms with Crippen molar-refractivity contribution in [1.82, 2.24) is 0 Å². The average molecular weight is 309 g/mol. The first-order chi connectivity index (χ1) is 9.77. The molecule has 0 bridgehead atoms. The van der Waals surface area contributed by atoms with E-state index in [1.807, 2.05) is 0 Å². The molecule has 0 atom stereocenters. The number of nitrogens with one attached hydrogen (secondary N) is 1. The summed E-state index contributed by atoms with van der Waals surface area (Å²) in [6.45, 7) is 0. The summed E-state index contributed by atoms with van der Waals surface area (Å²) < 4.78 is 36.4. The molecule has 0 saturated heterocycles. The summed E-state index contributed by atoms with van der Waals surface area (Å²) in [5, 5.41) is 11.5. The Balaban J connectivity index is 2.24. The first-order valence-electron chi connectivity index (χ1n) is 5.87. The van der Waals surface area contributed by atoms with Gasteiger partial charge in [0.15, 0.2) is 9.84 Å². The van der Waals surface area contributed by atoms with Gasteiger partial charge in [-0.05, 0) is 42.5 Å². The van der Waals surface area contributed by atoms with Crippen LogP contribution in [-0.4, -0.2) is 25.7 Å². The lowest BCUT2D eigenvalue weighted by molar-refractivity contribution is 0.0696. The molecule has 0 aliphatic heterocycles. The Hall–Kier alpha value is -2.41. The number of carboxylic acids is 1. The van der Waals surface area contributed by atoms with Gasteiger partial charge in [-0.3, -0.25) is 0 Å². The van der Waals surface area contributed by atoms with Gasteiger partial charge in [0.05, 0.1) is 16.1 Å². The molecule has 5 nitrogen and oxygen atoms in total. The molecule has 0 unspecified atom stereocenters. The highest BCUT2D eigenvalue weighted by Gasteiger charge is 2.09. The second-order valence-electron chi connectivity index (χ2n) is 4.42. The van der Waals surface area contributed by atoms with E-state index in [-0.39, 0.29) is 16.1 Å². The van der Waals surface area contributed by atoms with E-state index in [4.69, 9.17) is 5.11 Å². The topological polar surface area (TPSA) is 83.5 Å². The molecule has 0 aliphatic rings. The van der Waals surface area contributed by atoms with Gasteiger partial charge in [0, 0.05) is 11.9 Å². The summed E-state index contributed by atoms with van der Waals surface area (Å²) in [6, 6.07) is 9.31. The molecule has 0 heterocycles. The molecule has 21 heavy (non-hydrogen) atoms. The fourth-order valence-electron chi connectivity index (χ4n) is 1.69. The molecule has 0 amide bonds. The molecule has 7 heteroatoms. The highest BCUT2D eigenvalue weighted by atomic mass is 32.2. The third kappa shape index (κ3) is 3.57. The van der Waals surface area contributed by atoms with E-state index in [2.05, 4.69) is 5.32 Å².